The minimum absolute atomic E-state index is 0.221. The molecule has 1 N–H and O–H groups in total. The number of carbonyl (C=O) groups excluding carboxylic acids is 1. The number of ketones is 1. The monoisotopic (exact) mass is 265 g/mol. The van der Waals surface area contributed by atoms with Crippen LogP contribution in [0, 0.1) is 6.92 Å². The lowest BCUT2D eigenvalue weighted by molar-refractivity contribution is 0.0975. The Balaban J connectivity index is 1.69. The van der Waals surface area contributed by atoms with Crippen LogP contribution in [0.15, 0.2) is 48.5 Å². The maximum atomic E-state index is 12.2. The van der Waals surface area contributed by atoms with Crippen LogP contribution in [0.25, 0.3) is 0 Å². The second-order valence-corrected chi connectivity index (χ2v) is 5.53. The molecule has 0 aliphatic carbocycles. The van der Waals surface area contributed by atoms with Gasteiger partial charge in [0.25, 0.3) is 0 Å². The summed E-state index contributed by atoms with van der Waals surface area (Å²) < 4.78 is 0. The van der Waals surface area contributed by atoms with E-state index in [0.29, 0.717) is 6.42 Å². The summed E-state index contributed by atoms with van der Waals surface area (Å²) in [6.07, 6.45) is 2.64. The SMILES string of the molecule is Cc1ccc2c(c1)CC[C@H](CC(=O)c1ccccc1)N2. The van der Waals surface area contributed by atoms with E-state index in [2.05, 4.69) is 30.4 Å². The molecular formula is C18H19NO. The summed E-state index contributed by atoms with van der Waals surface area (Å²) in [6, 6.07) is 16.3. The molecule has 0 fully saturated rings. The molecule has 2 aromatic rings. The lowest BCUT2D eigenvalue weighted by Crippen LogP contribution is -2.28. The van der Waals surface area contributed by atoms with Crippen molar-refractivity contribution in [3.05, 3.63) is 65.2 Å². The quantitative estimate of drug-likeness (QED) is 0.850. The van der Waals surface area contributed by atoms with Gasteiger partial charge in [0.1, 0.15) is 0 Å². The lowest BCUT2D eigenvalue weighted by atomic mass is 9.93. The maximum absolute atomic E-state index is 12.2. The topological polar surface area (TPSA) is 29.1 Å². The van der Waals surface area contributed by atoms with Crippen LogP contribution in [-0.2, 0) is 6.42 Å². The first-order valence-corrected chi connectivity index (χ1v) is 7.17. The fourth-order valence-electron chi connectivity index (χ4n) is 2.81. The summed E-state index contributed by atoms with van der Waals surface area (Å²) in [7, 11) is 0. The molecule has 0 amide bonds. The van der Waals surface area contributed by atoms with Gasteiger partial charge in [-0.25, -0.2) is 0 Å². The molecule has 0 radical (unpaired) electrons. The van der Waals surface area contributed by atoms with Crippen LogP contribution in [0.1, 0.15) is 34.3 Å². The van der Waals surface area contributed by atoms with Gasteiger partial charge in [-0.1, -0.05) is 48.0 Å². The van der Waals surface area contributed by atoms with E-state index < -0.39 is 0 Å². The number of aryl methyl sites for hydroxylation is 2. The Morgan fingerprint density at radius 1 is 1.20 bits per heavy atom. The Morgan fingerprint density at radius 3 is 2.80 bits per heavy atom. The van der Waals surface area contributed by atoms with E-state index >= 15 is 0 Å². The molecule has 1 aliphatic rings. The number of fused-ring (bicyclic) bond motifs is 1. The summed E-state index contributed by atoms with van der Waals surface area (Å²) in [5.41, 5.74) is 4.66. The van der Waals surface area contributed by atoms with Crippen LogP contribution >= 0.6 is 0 Å². The second-order valence-electron chi connectivity index (χ2n) is 5.53. The Morgan fingerprint density at radius 2 is 2.00 bits per heavy atom. The van der Waals surface area contributed by atoms with Gasteiger partial charge in [-0.15, -0.1) is 0 Å². The first-order chi connectivity index (χ1) is 9.72. The number of hydrogen-bond acceptors (Lipinski definition) is 2. The minimum atomic E-state index is 0.221. The second kappa shape index (κ2) is 5.49. The van der Waals surface area contributed by atoms with Crippen molar-refractivity contribution in [1.82, 2.24) is 0 Å². The number of rotatable bonds is 3. The highest BCUT2D eigenvalue weighted by Crippen LogP contribution is 2.27. The molecule has 0 bridgehead atoms. The zero-order chi connectivity index (χ0) is 13.9. The number of hydrogen-bond donors (Lipinski definition) is 1. The van der Waals surface area contributed by atoms with E-state index in [1.165, 1.54) is 16.8 Å². The minimum Gasteiger partial charge on any atom is -0.382 e. The Kier molecular flexibility index (Phi) is 3.55. The van der Waals surface area contributed by atoms with Crippen LogP contribution in [0.2, 0.25) is 0 Å². The van der Waals surface area contributed by atoms with Crippen LogP contribution in [-0.4, -0.2) is 11.8 Å². The van der Waals surface area contributed by atoms with Gasteiger partial charge in [0.05, 0.1) is 0 Å². The van der Waals surface area contributed by atoms with Gasteiger partial charge < -0.3 is 5.32 Å². The average molecular weight is 265 g/mol. The molecule has 2 nitrogen and oxygen atoms in total. The van der Waals surface area contributed by atoms with E-state index in [4.69, 9.17) is 0 Å². The smallest absolute Gasteiger partial charge is 0.164 e. The summed E-state index contributed by atoms with van der Waals surface area (Å²) in [5.74, 6) is 0.221. The van der Waals surface area contributed by atoms with Crippen LogP contribution in [0.5, 0.6) is 0 Å². The summed E-state index contributed by atoms with van der Waals surface area (Å²) >= 11 is 0. The highest BCUT2D eigenvalue weighted by atomic mass is 16.1. The fraction of sp³-hybridized carbons (Fsp3) is 0.278. The lowest BCUT2D eigenvalue weighted by Gasteiger charge is -2.27. The summed E-state index contributed by atoms with van der Waals surface area (Å²) in [4.78, 5) is 12.2. The Labute approximate surface area is 119 Å². The number of anilines is 1. The predicted molar refractivity (Wildman–Crippen MR) is 82.3 cm³/mol. The number of carbonyl (C=O) groups is 1. The third kappa shape index (κ3) is 2.74. The normalized spacial score (nSPS) is 17.1. The van der Waals surface area contributed by atoms with Gasteiger partial charge in [0, 0.05) is 23.7 Å². The van der Waals surface area contributed by atoms with Gasteiger partial charge >= 0.3 is 0 Å². The molecule has 102 valence electrons. The molecular weight excluding hydrogens is 246 g/mol. The van der Waals surface area contributed by atoms with Gasteiger partial charge in [0.15, 0.2) is 5.78 Å². The third-order valence-corrected chi connectivity index (χ3v) is 3.91. The first-order valence-electron chi connectivity index (χ1n) is 7.17. The van der Waals surface area contributed by atoms with Crippen molar-refractivity contribution in [3.8, 4) is 0 Å². The molecule has 20 heavy (non-hydrogen) atoms. The van der Waals surface area contributed by atoms with E-state index in [0.717, 1.165) is 18.4 Å². The summed E-state index contributed by atoms with van der Waals surface area (Å²) in [5, 5.41) is 3.50. The van der Waals surface area contributed by atoms with Crippen LogP contribution in [0.4, 0.5) is 5.69 Å². The van der Waals surface area contributed by atoms with Crippen molar-refractivity contribution in [3.63, 3.8) is 0 Å². The molecule has 0 saturated heterocycles. The molecule has 0 unspecified atom stereocenters. The van der Waals surface area contributed by atoms with E-state index in [1.807, 2.05) is 30.3 Å². The van der Waals surface area contributed by atoms with Gasteiger partial charge in [-0.3, -0.25) is 4.79 Å². The molecule has 0 saturated carbocycles. The molecule has 0 spiro atoms. The zero-order valence-electron chi connectivity index (χ0n) is 11.7. The standard InChI is InChI=1S/C18H19NO/c1-13-7-10-17-15(11-13)8-9-16(19-17)12-18(20)14-5-3-2-4-6-14/h2-7,10-11,16,19H,8-9,12H2,1H3/t16-/m1/s1. The number of Topliss-reactive ketones (excluding diaryl/α,β-unsaturated/α-hetero) is 1. The van der Waals surface area contributed by atoms with Crippen molar-refractivity contribution in [2.24, 2.45) is 0 Å². The summed E-state index contributed by atoms with van der Waals surface area (Å²) in [6.45, 7) is 2.12. The van der Waals surface area contributed by atoms with Crippen molar-refractivity contribution in [2.75, 3.05) is 5.32 Å². The van der Waals surface area contributed by atoms with Crippen molar-refractivity contribution >= 4 is 11.5 Å². The first kappa shape index (κ1) is 12.9. The van der Waals surface area contributed by atoms with Gasteiger partial charge in [-0.2, -0.15) is 0 Å². The average Bonchev–Trinajstić information content (AvgIpc) is 2.48. The van der Waals surface area contributed by atoms with Crippen LogP contribution < -0.4 is 5.32 Å². The Bertz CT molecular complexity index is 619. The largest absolute Gasteiger partial charge is 0.382 e. The third-order valence-electron chi connectivity index (χ3n) is 3.91. The molecule has 0 aromatic heterocycles. The van der Waals surface area contributed by atoms with E-state index in [9.17, 15) is 4.79 Å². The highest BCUT2D eigenvalue weighted by Gasteiger charge is 2.20. The molecule has 3 rings (SSSR count). The zero-order valence-corrected chi connectivity index (χ0v) is 11.7. The Hall–Kier alpha value is -2.09. The van der Waals surface area contributed by atoms with E-state index in [1.54, 1.807) is 0 Å². The fourth-order valence-corrected chi connectivity index (χ4v) is 2.81. The highest BCUT2D eigenvalue weighted by molar-refractivity contribution is 5.96. The van der Waals surface area contributed by atoms with Gasteiger partial charge in [0.2, 0.25) is 0 Å². The molecule has 2 heteroatoms. The van der Waals surface area contributed by atoms with Crippen molar-refractivity contribution in [2.45, 2.75) is 32.2 Å². The molecule has 1 heterocycles. The number of benzene rings is 2. The van der Waals surface area contributed by atoms with Crippen molar-refractivity contribution in [1.29, 1.82) is 0 Å². The van der Waals surface area contributed by atoms with Crippen LogP contribution in [0.3, 0.4) is 0 Å². The van der Waals surface area contributed by atoms with Crippen molar-refractivity contribution < 1.29 is 4.79 Å². The number of nitrogens with one attached hydrogen (secondary N) is 1. The van der Waals surface area contributed by atoms with Gasteiger partial charge in [-0.05, 0) is 31.4 Å². The van der Waals surface area contributed by atoms with E-state index in [-0.39, 0.29) is 11.8 Å². The molecule has 2 aromatic carbocycles. The maximum Gasteiger partial charge on any atom is 0.164 e. The predicted octanol–water partition coefficient (Wildman–Crippen LogP) is 3.99. The molecule has 1 atom stereocenters. The molecule has 1 aliphatic heterocycles.